The molecule has 1 aliphatic rings. The van der Waals surface area contributed by atoms with Gasteiger partial charge in [-0.15, -0.1) is 11.6 Å². The van der Waals surface area contributed by atoms with Crippen molar-refractivity contribution in [1.29, 1.82) is 0 Å². The molecular weight excluding hydrogens is 330 g/mol. The molecule has 0 aliphatic carbocycles. The number of ether oxygens (including phenoxy) is 1. The third kappa shape index (κ3) is 3.63. The second-order valence-electron chi connectivity index (χ2n) is 4.78. The van der Waals surface area contributed by atoms with Crippen LogP contribution in [0.2, 0.25) is 0 Å². The zero-order chi connectivity index (χ0) is 13.8. The minimum atomic E-state index is 0.221. The highest BCUT2D eigenvalue weighted by molar-refractivity contribution is 9.10. The van der Waals surface area contributed by atoms with Crippen LogP contribution in [0.4, 0.5) is 0 Å². The molecule has 1 aromatic rings. The predicted octanol–water partition coefficient (Wildman–Crippen LogP) is 3.09. The lowest BCUT2D eigenvalue weighted by molar-refractivity contribution is -0.127. The number of carbonyl (C=O) groups excluding carboxylic acids is 1. The molecule has 1 amide bonds. The summed E-state index contributed by atoms with van der Waals surface area (Å²) in [5.74, 6) is 1.93. The van der Waals surface area contributed by atoms with Crippen molar-refractivity contribution in [3.05, 3.63) is 28.2 Å². The maximum atomic E-state index is 11.8. The number of nitrogens with zero attached hydrogens (tertiary/aromatic N) is 1. The average Bonchev–Trinajstić information content (AvgIpc) is 2.77. The standard InChI is InChI=1S/C14H17BrClNO2/c1-19-13-3-2-10(6-12(13)15)4-5-17-9-11(8-16)7-14(17)18/h2-3,6,11H,4-5,7-9H2,1H3. The summed E-state index contributed by atoms with van der Waals surface area (Å²) in [5.41, 5.74) is 1.19. The fourth-order valence-electron chi connectivity index (χ4n) is 2.30. The van der Waals surface area contributed by atoms with Gasteiger partial charge >= 0.3 is 0 Å². The quantitative estimate of drug-likeness (QED) is 0.767. The molecule has 1 aliphatic heterocycles. The van der Waals surface area contributed by atoms with Crippen molar-refractivity contribution in [3.8, 4) is 5.75 Å². The van der Waals surface area contributed by atoms with Gasteiger partial charge in [0, 0.05) is 25.4 Å². The molecule has 0 bridgehead atoms. The van der Waals surface area contributed by atoms with Crippen LogP contribution in [0.15, 0.2) is 22.7 Å². The van der Waals surface area contributed by atoms with Crippen molar-refractivity contribution in [2.75, 3.05) is 26.1 Å². The molecule has 1 aromatic carbocycles. The summed E-state index contributed by atoms with van der Waals surface area (Å²) < 4.78 is 6.14. The first-order valence-electron chi connectivity index (χ1n) is 6.30. The SMILES string of the molecule is COc1ccc(CCN2CC(CCl)CC2=O)cc1Br. The number of carbonyl (C=O) groups is 1. The Labute approximate surface area is 127 Å². The van der Waals surface area contributed by atoms with E-state index in [9.17, 15) is 4.79 Å². The lowest BCUT2D eigenvalue weighted by Gasteiger charge is -2.16. The summed E-state index contributed by atoms with van der Waals surface area (Å²) in [5, 5.41) is 0. The van der Waals surface area contributed by atoms with Gasteiger partial charge in [0.1, 0.15) is 5.75 Å². The molecule has 3 nitrogen and oxygen atoms in total. The van der Waals surface area contributed by atoms with Gasteiger partial charge in [-0.05, 0) is 46.0 Å². The van der Waals surface area contributed by atoms with Gasteiger partial charge < -0.3 is 9.64 Å². The summed E-state index contributed by atoms with van der Waals surface area (Å²) in [6.45, 7) is 1.55. The van der Waals surface area contributed by atoms with Crippen molar-refractivity contribution in [3.63, 3.8) is 0 Å². The molecule has 2 rings (SSSR count). The summed E-state index contributed by atoms with van der Waals surface area (Å²) in [6.07, 6.45) is 1.44. The van der Waals surface area contributed by atoms with E-state index in [2.05, 4.69) is 15.9 Å². The van der Waals surface area contributed by atoms with Gasteiger partial charge in [-0.25, -0.2) is 0 Å². The van der Waals surface area contributed by atoms with E-state index < -0.39 is 0 Å². The number of alkyl halides is 1. The number of methoxy groups -OCH3 is 1. The van der Waals surface area contributed by atoms with Crippen LogP contribution < -0.4 is 4.74 Å². The Bertz CT molecular complexity index is 467. The van der Waals surface area contributed by atoms with Crippen LogP contribution in [0.25, 0.3) is 0 Å². The molecule has 0 aromatic heterocycles. The van der Waals surface area contributed by atoms with Gasteiger partial charge in [0.05, 0.1) is 11.6 Å². The lowest BCUT2D eigenvalue weighted by Crippen LogP contribution is -2.27. The molecule has 1 unspecified atom stereocenters. The Hall–Kier alpha value is -0.740. The summed E-state index contributed by atoms with van der Waals surface area (Å²) >= 11 is 9.28. The van der Waals surface area contributed by atoms with E-state index in [4.69, 9.17) is 16.3 Å². The average molecular weight is 347 g/mol. The number of likely N-dealkylation sites (tertiary alicyclic amines) is 1. The van der Waals surface area contributed by atoms with Crippen LogP contribution in [-0.2, 0) is 11.2 Å². The highest BCUT2D eigenvalue weighted by atomic mass is 79.9. The van der Waals surface area contributed by atoms with Crippen LogP contribution in [-0.4, -0.2) is 36.9 Å². The summed E-state index contributed by atoms with van der Waals surface area (Å²) in [4.78, 5) is 13.7. The van der Waals surface area contributed by atoms with Crippen molar-refractivity contribution in [2.24, 2.45) is 5.92 Å². The zero-order valence-corrected chi connectivity index (χ0v) is 13.2. The number of hydrogen-bond donors (Lipinski definition) is 0. The molecule has 104 valence electrons. The molecule has 0 radical (unpaired) electrons. The Morgan fingerprint density at radius 3 is 2.89 bits per heavy atom. The Kier molecular flexibility index (Phi) is 5.11. The molecule has 1 heterocycles. The van der Waals surface area contributed by atoms with Crippen molar-refractivity contribution >= 4 is 33.4 Å². The monoisotopic (exact) mass is 345 g/mol. The molecule has 1 fully saturated rings. The molecule has 5 heteroatoms. The predicted molar refractivity (Wildman–Crippen MR) is 79.8 cm³/mol. The smallest absolute Gasteiger partial charge is 0.222 e. The van der Waals surface area contributed by atoms with Crippen molar-refractivity contribution in [2.45, 2.75) is 12.8 Å². The number of amides is 1. The van der Waals surface area contributed by atoms with E-state index in [1.54, 1.807) is 7.11 Å². The van der Waals surface area contributed by atoms with Crippen molar-refractivity contribution in [1.82, 2.24) is 4.90 Å². The van der Waals surface area contributed by atoms with Gasteiger partial charge in [0.2, 0.25) is 5.91 Å². The van der Waals surface area contributed by atoms with E-state index in [1.165, 1.54) is 5.56 Å². The van der Waals surface area contributed by atoms with Gasteiger partial charge in [-0.1, -0.05) is 6.07 Å². The normalized spacial score (nSPS) is 19.0. The van der Waals surface area contributed by atoms with Gasteiger partial charge in [0.15, 0.2) is 0 Å². The number of rotatable bonds is 5. The minimum absolute atomic E-state index is 0.221. The van der Waals surface area contributed by atoms with E-state index in [-0.39, 0.29) is 5.91 Å². The van der Waals surface area contributed by atoms with E-state index in [1.807, 2.05) is 23.1 Å². The van der Waals surface area contributed by atoms with Crippen LogP contribution in [0.3, 0.4) is 0 Å². The fraction of sp³-hybridized carbons (Fsp3) is 0.500. The van der Waals surface area contributed by atoms with Crippen LogP contribution in [0.5, 0.6) is 5.75 Å². The molecule has 0 spiro atoms. The fourth-order valence-corrected chi connectivity index (χ4v) is 3.10. The highest BCUT2D eigenvalue weighted by Crippen LogP contribution is 2.26. The second kappa shape index (κ2) is 6.62. The molecule has 0 N–H and O–H groups in total. The molecule has 1 saturated heterocycles. The molecular formula is C14H17BrClNO2. The largest absolute Gasteiger partial charge is 0.496 e. The van der Waals surface area contributed by atoms with Crippen molar-refractivity contribution < 1.29 is 9.53 Å². The summed E-state index contributed by atoms with van der Waals surface area (Å²) in [6, 6.07) is 6.01. The maximum absolute atomic E-state index is 11.8. The van der Waals surface area contributed by atoms with E-state index >= 15 is 0 Å². The molecule has 0 saturated carbocycles. The Balaban J connectivity index is 1.92. The second-order valence-corrected chi connectivity index (χ2v) is 5.95. The first kappa shape index (κ1) is 14.7. The van der Waals surface area contributed by atoms with Crippen LogP contribution in [0, 0.1) is 5.92 Å². The topological polar surface area (TPSA) is 29.5 Å². The highest BCUT2D eigenvalue weighted by Gasteiger charge is 2.28. The summed E-state index contributed by atoms with van der Waals surface area (Å²) in [7, 11) is 1.65. The Morgan fingerprint density at radius 1 is 1.53 bits per heavy atom. The van der Waals surface area contributed by atoms with Crippen LogP contribution >= 0.6 is 27.5 Å². The number of hydrogen-bond acceptors (Lipinski definition) is 2. The Morgan fingerprint density at radius 2 is 2.32 bits per heavy atom. The van der Waals surface area contributed by atoms with E-state index in [0.29, 0.717) is 18.2 Å². The van der Waals surface area contributed by atoms with Crippen LogP contribution in [0.1, 0.15) is 12.0 Å². The third-order valence-corrected chi connectivity index (χ3v) is 4.46. The molecule has 1 atom stereocenters. The molecule has 19 heavy (non-hydrogen) atoms. The first-order chi connectivity index (χ1) is 9.13. The number of halogens is 2. The van der Waals surface area contributed by atoms with Gasteiger partial charge in [0.25, 0.3) is 0 Å². The van der Waals surface area contributed by atoms with Gasteiger partial charge in [-0.3, -0.25) is 4.79 Å². The zero-order valence-electron chi connectivity index (χ0n) is 10.9. The minimum Gasteiger partial charge on any atom is -0.496 e. The lowest BCUT2D eigenvalue weighted by atomic mass is 10.1. The maximum Gasteiger partial charge on any atom is 0.222 e. The first-order valence-corrected chi connectivity index (χ1v) is 7.63. The van der Waals surface area contributed by atoms with E-state index in [0.717, 1.165) is 29.7 Å². The number of benzene rings is 1. The third-order valence-electron chi connectivity index (χ3n) is 3.40. The van der Waals surface area contributed by atoms with Gasteiger partial charge in [-0.2, -0.15) is 0 Å².